The van der Waals surface area contributed by atoms with E-state index in [-0.39, 0.29) is 12.7 Å². The lowest BCUT2D eigenvalue weighted by molar-refractivity contribution is -0.137. The van der Waals surface area contributed by atoms with Gasteiger partial charge >= 0.3 is 6.18 Å². The minimum absolute atomic E-state index is 0.0863. The van der Waals surface area contributed by atoms with Gasteiger partial charge in [0, 0.05) is 31.9 Å². The summed E-state index contributed by atoms with van der Waals surface area (Å²) in [6, 6.07) is 10.4. The zero-order valence-electron chi connectivity index (χ0n) is 14.3. The van der Waals surface area contributed by atoms with Crippen molar-refractivity contribution >= 4 is 11.6 Å². The molecule has 1 saturated heterocycles. The van der Waals surface area contributed by atoms with E-state index in [1.807, 2.05) is 4.90 Å². The van der Waals surface area contributed by atoms with E-state index in [4.69, 9.17) is 9.47 Å². The number of hydrogen-bond donors (Lipinski definition) is 0. The maximum Gasteiger partial charge on any atom is 0.416 e. The van der Waals surface area contributed by atoms with E-state index in [1.165, 1.54) is 6.07 Å². The fourth-order valence-electron chi connectivity index (χ4n) is 3.32. The third-order valence-corrected chi connectivity index (χ3v) is 4.73. The maximum atomic E-state index is 12.9. The first-order chi connectivity index (χ1) is 12.9. The van der Waals surface area contributed by atoms with Gasteiger partial charge in [-0.1, -0.05) is 12.1 Å². The second-order valence-electron chi connectivity index (χ2n) is 6.37. The molecule has 2 aromatic carbocycles. The van der Waals surface area contributed by atoms with Crippen LogP contribution in [0.5, 0.6) is 11.5 Å². The predicted molar refractivity (Wildman–Crippen MR) is 92.1 cm³/mol. The molecule has 2 heterocycles. The molecular weight excluding hydrogens is 361 g/mol. The van der Waals surface area contributed by atoms with Crippen LogP contribution in [-0.2, 0) is 6.18 Å². The number of carbonyl (C=O) groups excluding carboxylic acids is 1. The first kappa shape index (κ1) is 17.5. The molecule has 0 bridgehead atoms. The van der Waals surface area contributed by atoms with Gasteiger partial charge in [0.2, 0.25) is 6.79 Å². The van der Waals surface area contributed by atoms with Crippen molar-refractivity contribution in [3.05, 3.63) is 53.6 Å². The molecule has 5 nitrogen and oxygen atoms in total. The molecule has 8 heteroatoms. The van der Waals surface area contributed by atoms with Crippen LogP contribution in [0.4, 0.5) is 18.9 Å². The van der Waals surface area contributed by atoms with Gasteiger partial charge in [-0.2, -0.15) is 13.2 Å². The highest BCUT2D eigenvalue weighted by molar-refractivity contribution is 5.98. The molecule has 0 aliphatic carbocycles. The number of benzene rings is 2. The first-order valence-corrected chi connectivity index (χ1v) is 8.53. The van der Waals surface area contributed by atoms with Crippen LogP contribution in [0, 0.1) is 0 Å². The molecule has 0 radical (unpaired) electrons. The normalized spacial score (nSPS) is 16.6. The Morgan fingerprint density at radius 2 is 1.70 bits per heavy atom. The zero-order valence-corrected chi connectivity index (χ0v) is 14.3. The predicted octanol–water partition coefficient (Wildman–Crippen LogP) is 3.40. The fourth-order valence-corrected chi connectivity index (χ4v) is 3.32. The highest BCUT2D eigenvalue weighted by atomic mass is 19.4. The number of amides is 1. The average molecular weight is 378 g/mol. The van der Waals surface area contributed by atoms with Gasteiger partial charge in [0.1, 0.15) is 0 Å². The highest BCUT2D eigenvalue weighted by Crippen LogP contribution is 2.36. The lowest BCUT2D eigenvalue weighted by Crippen LogP contribution is -2.48. The third-order valence-electron chi connectivity index (χ3n) is 4.73. The number of carbonyl (C=O) groups is 1. The molecule has 0 unspecified atom stereocenters. The van der Waals surface area contributed by atoms with Gasteiger partial charge in [-0.15, -0.1) is 0 Å². The van der Waals surface area contributed by atoms with Crippen LogP contribution in [0.2, 0.25) is 0 Å². The lowest BCUT2D eigenvalue weighted by Gasteiger charge is -2.36. The molecule has 0 saturated carbocycles. The van der Waals surface area contributed by atoms with Crippen molar-refractivity contribution in [1.82, 2.24) is 4.90 Å². The molecule has 0 atom stereocenters. The van der Waals surface area contributed by atoms with Gasteiger partial charge in [0.15, 0.2) is 11.5 Å². The Morgan fingerprint density at radius 1 is 0.963 bits per heavy atom. The first-order valence-electron chi connectivity index (χ1n) is 8.53. The molecule has 4 rings (SSSR count). The number of piperazine rings is 1. The smallest absolute Gasteiger partial charge is 0.416 e. The summed E-state index contributed by atoms with van der Waals surface area (Å²) < 4.78 is 49.4. The number of alkyl halides is 3. The zero-order chi connectivity index (χ0) is 19.0. The molecule has 1 fully saturated rings. The van der Waals surface area contributed by atoms with Gasteiger partial charge in [0.25, 0.3) is 5.91 Å². The molecule has 0 aromatic heterocycles. The fraction of sp³-hybridized carbons (Fsp3) is 0.316. The molecule has 2 aliphatic heterocycles. The largest absolute Gasteiger partial charge is 0.454 e. The number of fused-ring (bicyclic) bond motifs is 1. The van der Waals surface area contributed by atoms with Crippen LogP contribution in [-0.4, -0.2) is 43.8 Å². The topological polar surface area (TPSA) is 42.0 Å². The van der Waals surface area contributed by atoms with Crippen molar-refractivity contribution in [1.29, 1.82) is 0 Å². The Hall–Kier alpha value is -2.90. The third kappa shape index (κ3) is 3.39. The number of ether oxygens (including phenoxy) is 2. The Bertz CT molecular complexity index is 862. The minimum Gasteiger partial charge on any atom is -0.454 e. The summed E-state index contributed by atoms with van der Waals surface area (Å²) in [5.74, 6) is 0.826. The standard InChI is InChI=1S/C19H17F3N2O3/c20-19(21,22)13-3-1-4-14(11-13)23-7-9-24(10-8-23)18(25)15-5-2-6-16-17(15)27-12-26-16/h1-6,11H,7-10,12H2. The second kappa shape index (κ2) is 6.68. The van der Waals surface area contributed by atoms with E-state index in [0.29, 0.717) is 48.9 Å². The minimum atomic E-state index is -4.37. The maximum absolute atomic E-state index is 12.9. The molecular formula is C19H17F3N2O3. The number of hydrogen-bond acceptors (Lipinski definition) is 4. The molecule has 0 spiro atoms. The summed E-state index contributed by atoms with van der Waals surface area (Å²) in [7, 11) is 0. The molecule has 27 heavy (non-hydrogen) atoms. The SMILES string of the molecule is O=C(c1cccc2c1OCO2)N1CCN(c2cccc(C(F)(F)F)c2)CC1. The van der Waals surface area contributed by atoms with Gasteiger partial charge < -0.3 is 19.3 Å². The Balaban J connectivity index is 1.45. The van der Waals surface area contributed by atoms with Gasteiger partial charge in [-0.05, 0) is 30.3 Å². The summed E-state index contributed by atoms with van der Waals surface area (Å²) in [6.45, 7) is 1.83. The summed E-state index contributed by atoms with van der Waals surface area (Å²) >= 11 is 0. The number of para-hydroxylation sites is 1. The number of anilines is 1. The summed E-state index contributed by atoms with van der Waals surface area (Å²) in [4.78, 5) is 16.3. The number of halogens is 3. The van der Waals surface area contributed by atoms with E-state index < -0.39 is 11.7 Å². The molecule has 1 amide bonds. The summed E-state index contributed by atoms with van der Waals surface area (Å²) in [5, 5.41) is 0. The van der Waals surface area contributed by atoms with E-state index in [0.717, 1.165) is 12.1 Å². The Morgan fingerprint density at radius 3 is 2.44 bits per heavy atom. The molecule has 2 aromatic rings. The molecule has 0 N–H and O–H groups in total. The number of nitrogens with zero attached hydrogens (tertiary/aromatic N) is 2. The van der Waals surface area contributed by atoms with Crippen LogP contribution >= 0.6 is 0 Å². The van der Waals surface area contributed by atoms with E-state index in [2.05, 4.69) is 0 Å². The molecule has 2 aliphatic rings. The van der Waals surface area contributed by atoms with Crippen LogP contribution < -0.4 is 14.4 Å². The molecule has 142 valence electrons. The van der Waals surface area contributed by atoms with Gasteiger partial charge in [0.05, 0.1) is 11.1 Å². The summed E-state index contributed by atoms with van der Waals surface area (Å²) in [6.07, 6.45) is -4.37. The summed E-state index contributed by atoms with van der Waals surface area (Å²) in [5.41, 5.74) is 0.280. The Kier molecular flexibility index (Phi) is 4.33. The monoisotopic (exact) mass is 378 g/mol. The highest BCUT2D eigenvalue weighted by Gasteiger charge is 2.32. The van der Waals surface area contributed by atoms with Crippen LogP contribution in [0.1, 0.15) is 15.9 Å². The van der Waals surface area contributed by atoms with Crippen LogP contribution in [0.25, 0.3) is 0 Å². The van der Waals surface area contributed by atoms with Gasteiger partial charge in [-0.25, -0.2) is 0 Å². The van der Waals surface area contributed by atoms with Crippen molar-refractivity contribution in [2.75, 3.05) is 37.9 Å². The van der Waals surface area contributed by atoms with Crippen molar-refractivity contribution in [3.8, 4) is 11.5 Å². The van der Waals surface area contributed by atoms with E-state index in [1.54, 1.807) is 29.2 Å². The van der Waals surface area contributed by atoms with Crippen molar-refractivity contribution in [3.63, 3.8) is 0 Å². The lowest BCUT2D eigenvalue weighted by atomic mass is 10.1. The van der Waals surface area contributed by atoms with Crippen LogP contribution in [0.3, 0.4) is 0 Å². The van der Waals surface area contributed by atoms with Gasteiger partial charge in [-0.3, -0.25) is 4.79 Å². The quantitative estimate of drug-likeness (QED) is 0.803. The Labute approximate surface area is 153 Å². The average Bonchev–Trinajstić information content (AvgIpc) is 3.16. The van der Waals surface area contributed by atoms with Crippen molar-refractivity contribution in [2.24, 2.45) is 0 Å². The van der Waals surface area contributed by atoms with Crippen molar-refractivity contribution in [2.45, 2.75) is 6.18 Å². The van der Waals surface area contributed by atoms with Crippen LogP contribution in [0.15, 0.2) is 42.5 Å². The van der Waals surface area contributed by atoms with E-state index in [9.17, 15) is 18.0 Å². The number of rotatable bonds is 2. The van der Waals surface area contributed by atoms with Crippen molar-refractivity contribution < 1.29 is 27.4 Å². The second-order valence-corrected chi connectivity index (χ2v) is 6.37. The van der Waals surface area contributed by atoms with E-state index >= 15 is 0 Å².